The first-order valence-electron chi connectivity index (χ1n) is 12.6. The molecule has 228 valence electrons. The van der Waals surface area contributed by atoms with Crippen molar-refractivity contribution >= 4 is 5.91 Å². The van der Waals surface area contributed by atoms with Crippen LogP contribution in [0.2, 0.25) is 0 Å². The molecular formula is C22H39NO16. The molecule has 0 aliphatic carbocycles. The van der Waals surface area contributed by atoms with Crippen LogP contribution in [0.5, 0.6) is 0 Å². The highest BCUT2D eigenvalue weighted by Gasteiger charge is 2.53. The Morgan fingerprint density at radius 1 is 0.667 bits per heavy atom. The Balaban J connectivity index is 1.75. The fraction of sp³-hybridized carbons (Fsp3) is 0.955. The third-order valence-corrected chi connectivity index (χ3v) is 6.81. The largest absolute Gasteiger partial charge is 0.394 e. The van der Waals surface area contributed by atoms with Crippen molar-refractivity contribution in [2.75, 3.05) is 26.4 Å². The quantitative estimate of drug-likeness (QED) is 0.116. The van der Waals surface area contributed by atoms with Gasteiger partial charge < -0.3 is 79.7 Å². The van der Waals surface area contributed by atoms with E-state index >= 15 is 0 Å². The van der Waals surface area contributed by atoms with Gasteiger partial charge in [-0.05, 0) is 6.92 Å². The van der Waals surface area contributed by atoms with Gasteiger partial charge in [-0.15, -0.1) is 0 Å². The normalized spacial score (nSPS) is 47.1. The third kappa shape index (κ3) is 7.03. The summed E-state index contributed by atoms with van der Waals surface area (Å²) in [5.74, 6) is -0.522. The summed E-state index contributed by atoms with van der Waals surface area (Å²) in [6.45, 7) is 0.799. The van der Waals surface area contributed by atoms with E-state index in [1.54, 1.807) is 6.92 Å². The van der Waals surface area contributed by atoms with Gasteiger partial charge in [-0.2, -0.15) is 0 Å². The summed E-state index contributed by atoms with van der Waals surface area (Å²) in [6.07, 6.45) is -22.1. The van der Waals surface area contributed by atoms with Gasteiger partial charge in [0.2, 0.25) is 5.91 Å². The van der Waals surface area contributed by atoms with Gasteiger partial charge in [0, 0.05) is 13.5 Å². The smallest absolute Gasteiger partial charge is 0.217 e. The number of carbonyl (C=O) groups excluding carboxylic acids is 1. The van der Waals surface area contributed by atoms with E-state index in [0.717, 1.165) is 0 Å². The van der Waals surface area contributed by atoms with Crippen molar-refractivity contribution in [1.82, 2.24) is 5.32 Å². The Kier molecular flexibility index (Phi) is 11.8. The number of nitrogens with one attached hydrogen (secondary N) is 1. The van der Waals surface area contributed by atoms with Crippen LogP contribution in [-0.4, -0.2) is 170 Å². The number of rotatable bonds is 10. The van der Waals surface area contributed by atoms with E-state index in [9.17, 15) is 50.8 Å². The SMILES string of the molecule is CCO[C@@H]1O[C@H](CO)[C@@H](O[C@@H]2O[C@H](CO)[C@H](O[C@H]3O[C@H](CO)[C@H](O)[C@H](O)[C@H]3O)[C@H](O)[C@H]2O)[C@H](O)[C@H]1NC(C)=O. The van der Waals surface area contributed by atoms with Crippen LogP contribution in [0, 0.1) is 0 Å². The lowest BCUT2D eigenvalue weighted by molar-refractivity contribution is -0.374. The number of amides is 1. The van der Waals surface area contributed by atoms with Gasteiger partial charge in [-0.3, -0.25) is 4.79 Å². The molecule has 3 saturated heterocycles. The number of aliphatic hydroxyl groups excluding tert-OH is 9. The van der Waals surface area contributed by atoms with Crippen LogP contribution in [0.1, 0.15) is 13.8 Å². The standard InChI is InChI=1S/C22H39NO16/c1-3-34-20-11(23-7(2)27)13(29)18(9(5-25)36-20)38-22-17(33)15(31)19(10(6-26)37-22)39-21-16(32)14(30)12(28)8(4-24)35-21/h8-22,24-26,28-33H,3-6H2,1-2H3,(H,23,27)/t8-,9-,10-,11-,12+,13-,14+,15-,16-,17-,18-,19+,20-,21-,22+/m1/s1. The molecule has 3 fully saturated rings. The van der Waals surface area contributed by atoms with E-state index in [2.05, 4.69) is 5.32 Å². The van der Waals surface area contributed by atoms with Gasteiger partial charge in [0.05, 0.1) is 19.8 Å². The van der Waals surface area contributed by atoms with Gasteiger partial charge in [0.25, 0.3) is 0 Å². The maximum atomic E-state index is 11.7. The summed E-state index contributed by atoms with van der Waals surface area (Å²) in [5, 5.41) is 94.3. The molecule has 0 unspecified atom stereocenters. The van der Waals surface area contributed by atoms with Gasteiger partial charge in [-0.25, -0.2) is 0 Å². The topological polar surface area (TPSA) is 267 Å². The summed E-state index contributed by atoms with van der Waals surface area (Å²) >= 11 is 0. The Labute approximate surface area is 223 Å². The highest BCUT2D eigenvalue weighted by Crippen LogP contribution is 2.32. The first-order valence-corrected chi connectivity index (χ1v) is 12.6. The number of hydrogen-bond acceptors (Lipinski definition) is 16. The van der Waals surface area contributed by atoms with E-state index in [1.807, 2.05) is 0 Å². The lowest BCUT2D eigenvalue weighted by atomic mass is 9.95. The zero-order valence-corrected chi connectivity index (χ0v) is 21.4. The average molecular weight is 574 g/mol. The maximum absolute atomic E-state index is 11.7. The van der Waals surface area contributed by atoms with E-state index in [4.69, 9.17) is 28.4 Å². The Bertz CT molecular complexity index is 774. The van der Waals surface area contributed by atoms with Crippen LogP contribution in [0.15, 0.2) is 0 Å². The molecule has 17 nitrogen and oxygen atoms in total. The Morgan fingerprint density at radius 3 is 1.62 bits per heavy atom. The predicted molar refractivity (Wildman–Crippen MR) is 122 cm³/mol. The van der Waals surface area contributed by atoms with E-state index < -0.39 is 118 Å². The number of carbonyl (C=O) groups is 1. The summed E-state index contributed by atoms with van der Waals surface area (Å²) < 4.78 is 33.1. The molecule has 3 rings (SSSR count). The second-order valence-corrected chi connectivity index (χ2v) is 9.50. The molecule has 17 heteroatoms. The first kappa shape index (κ1) is 32.4. The fourth-order valence-electron chi connectivity index (χ4n) is 4.75. The molecule has 10 N–H and O–H groups in total. The van der Waals surface area contributed by atoms with Crippen molar-refractivity contribution in [2.45, 2.75) is 106 Å². The lowest BCUT2D eigenvalue weighted by Crippen LogP contribution is -2.68. The molecule has 39 heavy (non-hydrogen) atoms. The Morgan fingerprint density at radius 2 is 1.13 bits per heavy atom. The van der Waals surface area contributed by atoms with Crippen molar-refractivity contribution in [2.24, 2.45) is 0 Å². The third-order valence-electron chi connectivity index (χ3n) is 6.81. The van der Waals surface area contributed by atoms with E-state index in [-0.39, 0.29) is 6.61 Å². The molecule has 3 aliphatic heterocycles. The first-order chi connectivity index (χ1) is 18.5. The molecule has 0 radical (unpaired) electrons. The van der Waals surface area contributed by atoms with Gasteiger partial charge in [-0.1, -0.05) is 0 Å². The molecule has 3 heterocycles. The molecule has 0 spiro atoms. The van der Waals surface area contributed by atoms with Crippen LogP contribution in [0.25, 0.3) is 0 Å². The van der Waals surface area contributed by atoms with Crippen LogP contribution < -0.4 is 5.32 Å². The van der Waals surface area contributed by atoms with E-state index in [0.29, 0.717) is 0 Å². The summed E-state index contributed by atoms with van der Waals surface area (Å²) in [6, 6.07) is -1.14. The van der Waals surface area contributed by atoms with Crippen LogP contribution in [0.3, 0.4) is 0 Å². The van der Waals surface area contributed by atoms with Gasteiger partial charge in [0.15, 0.2) is 18.9 Å². The minimum Gasteiger partial charge on any atom is -0.394 e. The number of hydrogen-bond donors (Lipinski definition) is 10. The highest BCUT2D eigenvalue weighted by atomic mass is 16.8. The van der Waals surface area contributed by atoms with Crippen molar-refractivity contribution in [3.8, 4) is 0 Å². The highest BCUT2D eigenvalue weighted by molar-refractivity contribution is 5.73. The summed E-state index contributed by atoms with van der Waals surface area (Å²) in [4.78, 5) is 11.7. The Hall–Kier alpha value is -1.13. The van der Waals surface area contributed by atoms with Crippen LogP contribution in [-0.2, 0) is 33.2 Å². The molecule has 0 aromatic rings. The van der Waals surface area contributed by atoms with E-state index in [1.165, 1.54) is 6.92 Å². The summed E-state index contributed by atoms with van der Waals surface area (Å²) in [7, 11) is 0. The average Bonchev–Trinajstić information content (AvgIpc) is 2.91. The molecule has 0 saturated carbocycles. The maximum Gasteiger partial charge on any atom is 0.217 e. The second-order valence-electron chi connectivity index (χ2n) is 9.50. The van der Waals surface area contributed by atoms with Gasteiger partial charge >= 0.3 is 0 Å². The van der Waals surface area contributed by atoms with Crippen LogP contribution in [0.4, 0.5) is 0 Å². The monoisotopic (exact) mass is 573 g/mol. The molecule has 0 aromatic heterocycles. The fourth-order valence-corrected chi connectivity index (χ4v) is 4.75. The van der Waals surface area contributed by atoms with Crippen molar-refractivity contribution in [3.05, 3.63) is 0 Å². The number of aliphatic hydroxyl groups is 9. The van der Waals surface area contributed by atoms with Crippen LogP contribution >= 0.6 is 0 Å². The van der Waals surface area contributed by atoms with Gasteiger partial charge in [0.1, 0.15) is 73.2 Å². The molecule has 0 aromatic carbocycles. The second kappa shape index (κ2) is 14.2. The van der Waals surface area contributed by atoms with Crippen molar-refractivity contribution in [3.63, 3.8) is 0 Å². The molecule has 15 atom stereocenters. The number of ether oxygens (including phenoxy) is 6. The molecule has 0 bridgehead atoms. The van der Waals surface area contributed by atoms with Crippen molar-refractivity contribution in [1.29, 1.82) is 0 Å². The molecule has 1 amide bonds. The lowest BCUT2D eigenvalue weighted by Gasteiger charge is -2.48. The zero-order valence-electron chi connectivity index (χ0n) is 21.4. The molecular weight excluding hydrogens is 534 g/mol. The molecule has 3 aliphatic rings. The minimum atomic E-state index is -1.89. The van der Waals surface area contributed by atoms with Crippen molar-refractivity contribution < 1.29 is 79.2 Å². The zero-order chi connectivity index (χ0) is 29.0. The predicted octanol–water partition coefficient (Wildman–Crippen LogP) is -6.38. The minimum absolute atomic E-state index is 0.155. The summed E-state index contributed by atoms with van der Waals surface area (Å²) in [5.41, 5.74) is 0.